The first-order valence-corrected chi connectivity index (χ1v) is 6.64. The summed E-state index contributed by atoms with van der Waals surface area (Å²) in [5.41, 5.74) is 0.00790. The second-order valence-electron chi connectivity index (χ2n) is 4.87. The van der Waals surface area contributed by atoms with E-state index in [1.165, 1.54) is 18.2 Å². The Morgan fingerprint density at radius 2 is 2.20 bits per heavy atom. The van der Waals surface area contributed by atoms with Gasteiger partial charge in [-0.25, -0.2) is 0 Å². The maximum absolute atomic E-state index is 12.4. The first-order valence-electron chi connectivity index (χ1n) is 6.26. The van der Waals surface area contributed by atoms with E-state index in [0.29, 0.717) is 13.2 Å². The van der Waals surface area contributed by atoms with Crippen LogP contribution in [0.5, 0.6) is 0 Å². The van der Waals surface area contributed by atoms with Gasteiger partial charge in [-0.05, 0) is 26.0 Å². The average Bonchev–Trinajstić information content (AvgIpc) is 2.41. The van der Waals surface area contributed by atoms with Gasteiger partial charge in [-0.3, -0.25) is 14.9 Å². The molecule has 1 aromatic rings. The lowest BCUT2D eigenvalue weighted by atomic mass is 10.1. The molecule has 1 aliphatic rings. The summed E-state index contributed by atoms with van der Waals surface area (Å²) in [5, 5.41) is 10.9. The quantitative estimate of drug-likeness (QED) is 0.621. The first kappa shape index (κ1) is 14.7. The Kier molecular flexibility index (Phi) is 4.25. The van der Waals surface area contributed by atoms with E-state index in [0.717, 1.165) is 0 Å². The summed E-state index contributed by atoms with van der Waals surface area (Å²) < 4.78 is 5.46. The van der Waals surface area contributed by atoms with E-state index in [1.807, 2.05) is 13.8 Å². The van der Waals surface area contributed by atoms with Gasteiger partial charge >= 0.3 is 0 Å². The van der Waals surface area contributed by atoms with E-state index in [-0.39, 0.29) is 34.3 Å². The van der Waals surface area contributed by atoms with Gasteiger partial charge in [0.15, 0.2) is 0 Å². The summed E-state index contributed by atoms with van der Waals surface area (Å²) >= 11 is 5.75. The molecule has 1 aromatic carbocycles. The monoisotopic (exact) mass is 298 g/mol. The largest absolute Gasteiger partial charge is 0.375 e. The molecule has 2 atom stereocenters. The van der Waals surface area contributed by atoms with Gasteiger partial charge in [0.1, 0.15) is 5.02 Å². The van der Waals surface area contributed by atoms with Gasteiger partial charge in [-0.2, -0.15) is 0 Å². The van der Waals surface area contributed by atoms with E-state index in [2.05, 4.69) is 0 Å². The molecular weight excluding hydrogens is 284 g/mol. The standard InChI is InChI=1S/C13H15ClN2O4/c1-8-7-20-9(2)6-15(8)13(17)10-3-4-11(14)12(5-10)16(18)19/h3-5,8-9H,6-7H2,1-2H3. The van der Waals surface area contributed by atoms with Gasteiger partial charge in [0.2, 0.25) is 0 Å². The normalized spacial score (nSPS) is 22.6. The molecule has 108 valence electrons. The second-order valence-corrected chi connectivity index (χ2v) is 5.28. The number of nitro groups is 1. The molecule has 7 heteroatoms. The molecule has 0 bridgehead atoms. The number of amides is 1. The third kappa shape index (κ3) is 2.91. The number of carbonyl (C=O) groups is 1. The lowest BCUT2D eigenvalue weighted by molar-refractivity contribution is -0.384. The van der Waals surface area contributed by atoms with Crippen LogP contribution in [0.2, 0.25) is 5.02 Å². The Labute approximate surface area is 121 Å². The molecule has 1 amide bonds. The highest BCUT2D eigenvalue weighted by Gasteiger charge is 2.29. The van der Waals surface area contributed by atoms with Gasteiger partial charge < -0.3 is 9.64 Å². The predicted octanol–water partition coefficient (Wildman–Crippen LogP) is 2.50. The van der Waals surface area contributed by atoms with Crippen LogP contribution in [-0.4, -0.2) is 41.0 Å². The van der Waals surface area contributed by atoms with E-state index in [1.54, 1.807) is 4.90 Å². The number of ether oxygens (including phenoxy) is 1. The molecule has 20 heavy (non-hydrogen) atoms. The van der Waals surface area contributed by atoms with E-state index in [4.69, 9.17) is 16.3 Å². The summed E-state index contributed by atoms with van der Waals surface area (Å²) in [6.07, 6.45) is -0.0440. The van der Waals surface area contributed by atoms with Gasteiger partial charge in [-0.15, -0.1) is 0 Å². The molecule has 1 saturated heterocycles. The molecule has 2 rings (SSSR count). The average molecular weight is 299 g/mol. The number of halogens is 1. The van der Waals surface area contributed by atoms with Crippen LogP contribution >= 0.6 is 11.6 Å². The van der Waals surface area contributed by atoms with Crippen molar-refractivity contribution in [3.8, 4) is 0 Å². The van der Waals surface area contributed by atoms with Crippen LogP contribution in [0, 0.1) is 10.1 Å². The fourth-order valence-corrected chi connectivity index (χ4v) is 2.32. The lowest BCUT2D eigenvalue weighted by Crippen LogP contribution is -2.50. The van der Waals surface area contributed by atoms with Crippen molar-refractivity contribution in [2.45, 2.75) is 26.0 Å². The number of benzene rings is 1. The molecule has 1 fully saturated rings. The summed E-state index contributed by atoms with van der Waals surface area (Å²) in [6.45, 7) is 4.70. The Morgan fingerprint density at radius 1 is 1.50 bits per heavy atom. The topological polar surface area (TPSA) is 72.7 Å². The van der Waals surface area contributed by atoms with E-state index < -0.39 is 4.92 Å². The van der Waals surface area contributed by atoms with Crippen LogP contribution in [0.15, 0.2) is 18.2 Å². The fraction of sp³-hybridized carbons (Fsp3) is 0.462. The molecule has 0 aliphatic carbocycles. The van der Waals surface area contributed by atoms with Crippen molar-refractivity contribution in [1.29, 1.82) is 0 Å². The van der Waals surface area contributed by atoms with E-state index in [9.17, 15) is 14.9 Å². The maximum Gasteiger partial charge on any atom is 0.288 e. The molecule has 0 N–H and O–H groups in total. The molecular formula is C13H15ClN2O4. The van der Waals surface area contributed by atoms with E-state index >= 15 is 0 Å². The Balaban J connectivity index is 2.29. The van der Waals surface area contributed by atoms with Gasteiger partial charge in [0, 0.05) is 18.2 Å². The Bertz CT molecular complexity index is 549. The van der Waals surface area contributed by atoms with Crippen LogP contribution in [-0.2, 0) is 4.74 Å². The molecule has 1 aliphatic heterocycles. The number of hydrogen-bond donors (Lipinski definition) is 0. The molecule has 0 radical (unpaired) electrons. The molecule has 2 unspecified atom stereocenters. The van der Waals surface area contributed by atoms with Crippen LogP contribution < -0.4 is 0 Å². The third-order valence-electron chi connectivity index (χ3n) is 3.26. The van der Waals surface area contributed by atoms with Crippen molar-refractivity contribution < 1.29 is 14.5 Å². The van der Waals surface area contributed by atoms with Crippen molar-refractivity contribution in [2.75, 3.05) is 13.2 Å². The zero-order chi connectivity index (χ0) is 14.9. The summed E-state index contributed by atoms with van der Waals surface area (Å²) in [4.78, 5) is 24.4. The summed E-state index contributed by atoms with van der Waals surface area (Å²) in [7, 11) is 0. The highest BCUT2D eigenvalue weighted by atomic mass is 35.5. The number of nitrogens with zero attached hydrogens (tertiary/aromatic N) is 2. The summed E-state index contributed by atoms with van der Waals surface area (Å²) in [5.74, 6) is -0.243. The predicted molar refractivity (Wildman–Crippen MR) is 74.0 cm³/mol. The molecule has 0 aromatic heterocycles. The highest BCUT2D eigenvalue weighted by Crippen LogP contribution is 2.26. The van der Waals surface area contributed by atoms with Gasteiger partial charge in [0.05, 0.1) is 23.7 Å². The first-order chi connectivity index (χ1) is 9.40. The van der Waals surface area contributed by atoms with Crippen molar-refractivity contribution in [1.82, 2.24) is 4.90 Å². The van der Waals surface area contributed by atoms with Crippen LogP contribution in [0.3, 0.4) is 0 Å². The lowest BCUT2D eigenvalue weighted by Gasteiger charge is -2.36. The number of rotatable bonds is 2. The van der Waals surface area contributed by atoms with Crippen LogP contribution in [0.4, 0.5) is 5.69 Å². The smallest absolute Gasteiger partial charge is 0.288 e. The molecule has 6 nitrogen and oxygen atoms in total. The highest BCUT2D eigenvalue weighted by molar-refractivity contribution is 6.32. The van der Waals surface area contributed by atoms with Crippen molar-refractivity contribution in [2.24, 2.45) is 0 Å². The molecule has 0 saturated carbocycles. The Hall–Kier alpha value is -1.66. The maximum atomic E-state index is 12.4. The fourth-order valence-electron chi connectivity index (χ4n) is 2.14. The SMILES string of the molecule is CC1CN(C(=O)c2ccc(Cl)c([N+](=O)[O-])c2)C(C)CO1. The second kappa shape index (κ2) is 5.76. The van der Waals surface area contributed by atoms with Crippen LogP contribution in [0.25, 0.3) is 0 Å². The zero-order valence-corrected chi connectivity index (χ0v) is 12.0. The minimum absolute atomic E-state index is 0.0231. The van der Waals surface area contributed by atoms with Crippen molar-refractivity contribution in [3.63, 3.8) is 0 Å². The van der Waals surface area contributed by atoms with Crippen molar-refractivity contribution in [3.05, 3.63) is 38.9 Å². The van der Waals surface area contributed by atoms with Crippen molar-refractivity contribution >= 4 is 23.2 Å². The minimum Gasteiger partial charge on any atom is -0.375 e. The number of morpholine rings is 1. The Morgan fingerprint density at radius 3 is 2.85 bits per heavy atom. The van der Waals surface area contributed by atoms with Crippen LogP contribution in [0.1, 0.15) is 24.2 Å². The molecule has 0 spiro atoms. The molecule has 1 heterocycles. The van der Waals surface area contributed by atoms with Gasteiger partial charge in [-0.1, -0.05) is 11.6 Å². The number of hydrogen-bond acceptors (Lipinski definition) is 4. The minimum atomic E-state index is -0.593. The summed E-state index contributed by atoms with van der Waals surface area (Å²) in [6, 6.07) is 4.04. The van der Waals surface area contributed by atoms with Gasteiger partial charge in [0.25, 0.3) is 11.6 Å². The zero-order valence-electron chi connectivity index (χ0n) is 11.2. The number of carbonyl (C=O) groups excluding carboxylic acids is 1. The third-order valence-corrected chi connectivity index (χ3v) is 3.58. The number of nitro benzene ring substituents is 1.